The van der Waals surface area contributed by atoms with Crippen LogP contribution in [0, 0.1) is 19.7 Å². The molecule has 0 unspecified atom stereocenters. The molecule has 1 N–H and O–H groups in total. The Morgan fingerprint density at radius 3 is 2.12 bits per heavy atom. The highest BCUT2D eigenvalue weighted by Crippen LogP contribution is 2.14. The molecule has 17 heavy (non-hydrogen) atoms. The van der Waals surface area contributed by atoms with Crippen molar-refractivity contribution in [3.8, 4) is 0 Å². The second-order valence-corrected chi connectivity index (χ2v) is 6.78. The van der Waals surface area contributed by atoms with Crippen LogP contribution in [0.3, 0.4) is 0 Å². The molecule has 1 aromatic rings. The first-order chi connectivity index (χ1) is 7.74. The predicted octanol–water partition coefficient (Wildman–Crippen LogP) is 2.27. The van der Waals surface area contributed by atoms with Gasteiger partial charge in [0.15, 0.2) is 0 Å². The molecule has 0 heterocycles. The molecule has 0 aliphatic carbocycles. The van der Waals surface area contributed by atoms with E-state index in [2.05, 4.69) is 4.72 Å². The van der Waals surface area contributed by atoms with Crippen molar-refractivity contribution in [2.45, 2.75) is 39.5 Å². The van der Waals surface area contributed by atoms with Gasteiger partial charge < -0.3 is 0 Å². The molecule has 1 aromatic carbocycles. The zero-order valence-electron chi connectivity index (χ0n) is 10.5. The molecule has 0 saturated carbocycles. The first-order valence-electron chi connectivity index (χ1n) is 5.48. The zero-order valence-corrected chi connectivity index (χ0v) is 11.4. The molecule has 0 radical (unpaired) electrons. The van der Waals surface area contributed by atoms with Crippen molar-refractivity contribution in [3.05, 3.63) is 34.6 Å². The van der Waals surface area contributed by atoms with Gasteiger partial charge in [0.2, 0.25) is 10.0 Å². The lowest BCUT2D eigenvalue weighted by atomic mass is 10.1. The Morgan fingerprint density at radius 2 is 1.71 bits per heavy atom. The average Bonchev–Trinajstić information content (AvgIpc) is 2.22. The van der Waals surface area contributed by atoms with Gasteiger partial charge in [0.1, 0.15) is 5.82 Å². The minimum absolute atomic E-state index is 0.197. The Labute approximate surface area is 102 Å². The maximum Gasteiger partial charge on any atom is 0.214 e. The van der Waals surface area contributed by atoms with Gasteiger partial charge in [-0.25, -0.2) is 17.5 Å². The van der Waals surface area contributed by atoms with Crippen molar-refractivity contribution < 1.29 is 12.8 Å². The lowest BCUT2D eigenvalue weighted by molar-refractivity contribution is 0.571. The Hall–Kier alpha value is -0.940. The molecule has 0 aromatic heterocycles. The van der Waals surface area contributed by atoms with Gasteiger partial charge in [-0.2, -0.15) is 0 Å². The molecule has 96 valence electrons. The Bertz CT molecular complexity index is 486. The lowest BCUT2D eigenvalue weighted by Gasteiger charge is -2.11. The second-order valence-electron chi connectivity index (χ2n) is 4.46. The van der Waals surface area contributed by atoms with E-state index in [4.69, 9.17) is 0 Å². The van der Waals surface area contributed by atoms with E-state index in [0.717, 1.165) is 5.56 Å². The minimum Gasteiger partial charge on any atom is -0.212 e. The summed E-state index contributed by atoms with van der Waals surface area (Å²) in [5.74, 6) is -0.236. The molecule has 3 nitrogen and oxygen atoms in total. The molecule has 0 aliphatic rings. The normalized spacial score (nSPS) is 12.1. The Kier molecular flexibility index (Phi) is 4.27. The number of hydrogen-bond acceptors (Lipinski definition) is 2. The smallest absolute Gasteiger partial charge is 0.212 e. The van der Waals surface area contributed by atoms with E-state index < -0.39 is 15.3 Å². The van der Waals surface area contributed by atoms with Crippen LogP contribution in [0.4, 0.5) is 4.39 Å². The van der Waals surface area contributed by atoms with E-state index in [0.29, 0.717) is 11.1 Å². The highest BCUT2D eigenvalue weighted by molar-refractivity contribution is 7.90. The fourth-order valence-electron chi connectivity index (χ4n) is 1.49. The molecule has 0 spiro atoms. The van der Waals surface area contributed by atoms with Crippen LogP contribution in [0.25, 0.3) is 0 Å². The van der Waals surface area contributed by atoms with Gasteiger partial charge >= 0.3 is 0 Å². The third-order valence-corrected chi connectivity index (χ3v) is 4.38. The van der Waals surface area contributed by atoms with Gasteiger partial charge in [-0.3, -0.25) is 0 Å². The molecule has 0 saturated heterocycles. The molecule has 0 aliphatic heterocycles. The standard InChI is InChI=1S/C12H18FNO2S/c1-8(2)17(15,16)14-7-11-5-9(3)12(13)10(4)6-11/h5-6,8,14H,7H2,1-4H3. The van der Waals surface area contributed by atoms with Gasteiger partial charge in [-0.05, 0) is 44.4 Å². The van der Waals surface area contributed by atoms with Crippen LogP contribution >= 0.6 is 0 Å². The summed E-state index contributed by atoms with van der Waals surface area (Å²) in [5.41, 5.74) is 1.83. The first-order valence-corrected chi connectivity index (χ1v) is 7.02. The van der Waals surface area contributed by atoms with E-state index in [1.165, 1.54) is 0 Å². The van der Waals surface area contributed by atoms with Gasteiger partial charge in [0, 0.05) is 6.54 Å². The molecule has 1 rings (SSSR count). The van der Waals surface area contributed by atoms with Crippen LogP contribution in [0.1, 0.15) is 30.5 Å². The molecular weight excluding hydrogens is 241 g/mol. The fraction of sp³-hybridized carbons (Fsp3) is 0.500. The molecular formula is C12H18FNO2S. The quantitative estimate of drug-likeness (QED) is 0.901. The second kappa shape index (κ2) is 5.14. The van der Waals surface area contributed by atoms with Crippen molar-refractivity contribution >= 4 is 10.0 Å². The molecule has 0 fully saturated rings. The third kappa shape index (κ3) is 3.51. The lowest BCUT2D eigenvalue weighted by Crippen LogP contribution is -2.30. The number of rotatable bonds is 4. The monoisotopic (exact) mass is 259 g/mol. The van der Waals surface area contributed by atoms with Crippen molar-refractivity contribution in [1.29, 1.82) is 0 Å². The van der Waals surface area contributed by atoms with Crippen molar-refractivity contribution in [2.75, 3.05) is 0 Å². The summed E-state index contributed by atoms with van der Waals surface area (Å²) >= 11 is 0. The van der Waals surface area contributed by atoms with Crippen molar-refractivity contribution in [1.82, 2.24) is 4.72 Å². The topological polar surface area (TPSA) is 46.2 Å². The van der Waals surface area contributed by atoms with Crippen LogP contribution in [-0.2, 0) is 16.6 Å². The highest BCUT2D eigenvalue weighted by Gasteiger charge is 2.15. The molecule has 0 bridgehead atoms. The van der Waals surface area contributed by atoms with Crippen LogP contribution in [-0.4, -0.2) is 13.7 Å². The summed E-state index contributed by atoms with van der Waals surface area (Å²) in [5, 5.41) is -0.467. The minimum atomic E-state index is -3.28. The average molecular weight is 259 g/mol. The van der Waals surface area contributed by atoms with E-state index in [1.54, 1.807) is 39.8 Å². The maximum absolute atomic E-state index is 13.4. The van der Waals surface area contributed by atoms with E-state index in [9.17, 15) is 12.8 Å². The van der Waals surface area contributed by atoms with E-state index in [-0.39, 0.29) is 12.4 Å². The molecule has 5 heteroatoms. The summed E-state index contributed by atoms with van der Waals surface area (Å²) in [6.07, 6.45) is 0. The summed E-state index contributed by atoms with van der Waals surface area (Å²) in [4.78, 5) is 0. The summed E-state index contributed by atoms with van der Waals surface area (Å²) in [6.45, 7) is 6.76. The number of benzene rings is 1. The molecule has 0 amide bonds. The van der Waals surface area contributed by atoms with Crippen LogP contribution in [0.5, 0.6) is 0 Å². The van der Waals surface area contributed by atoms with Crippen LogP contribution in [0.2, 0.25) is 0 Å². The SMILES string of the molecule is Cc1cc(CNS(=O)(=O)C(C)C)cc(C)c1F. The van der Waals surface area contributed by atoms with E-state index in [1.807, 2.05) is 0 Å². The third-order valence-electron chi connectivity index (χ3n) is 2.59. The number of hydrogen-bond donors (Lipinski definition) is 1. The number of nitrogens with one attached hydrogen (secondary N) is 1. The maximum atomic E-state index is 13.4. The van der Waals surface area contributed by atoms with Gasteiger partial charge in [-0.1, -0.05) is 12.1 Å². The Balaban J connectivity index is 2.85. The molecule has 0 atom stereocenters. The van der Waals surface area contributed by atoms with Crippen molar-refractivity contribution in [2.24, 2.45) is 0 Å². The number of halogens is 1. The van der Waals surface area contributed by atoms with Crippen molar-refractivity contribution in [3.63, 3.8) is 0 Å². The van der Waals surface area contributed by atoms with Crippen LogP contribution in [0.15, 0.2) is 12.1 Å². The van der Waals surface area contributed by atoms with E-state index >= 15 is 0 Å². The summed E-state index contributed by atoms with van der Waals surface area (Å²) in [7, 11) is -3.28. The summed E-state index contributed by atoms with van der Waals surface area (Å²) in [6, 6.07) is 3.32. The van der Waals surface area contributed by atoms with Gasteiger partial charge in [0.05, 0.1) is 5.25 Å². The highest BCUT2D eigenvalue weighted by atomic mass is 32.2. The van der Waals surface area contributed by atoms with Crippen LogP contribution < -0.4 is 4.72 Å². The zero-order chi connectivity index (χ0) is 13.2. The van der Waals surface area contributed by atoms with Gasteiger partial charge in [0.25, 0.3) is 0 Å². The summed E-state index contributed by atoms with van der Waals surface area (Å²) < 4.78 is 39.0. The largest absolute Gasteiger partial charge is 0.214 e. The number of aryl methyl sites for hydroxylation is 2. The number of sulfonamides is 1. The fourth-order valence-corrected chi connectivity index (χ4v) is 2.19. The predicted molar refractivity (Wildman–Crippen MR) is 66.8 cm³/mol. The van der Waals surface area contributed by atoms with Gasteiger partial charge in [-0.15, -0.1) is 0 Å². The first kappa shape index (κ1) is 14.1. The Morgan fingerprint density at radius 1 is 1.24 bits per heavy atom.